The number of amides is 2. The van der Waals surface area contributed by atoms with Gasteiger partial charge in [-0.1, -0.05) is 13.8 Å². The van der Waals surface area contributed by atoms with Crippen LogP contribution in [0.5, 0.6) is 0 Å². The number of carboxylic acids is 1. The summed E-state index contributed by atoms with van der Waals surface area (Å²) in [5.41, 5.74) is -0.751. The Morgan fingerprint density at radius 2 is 2.00 bits per heavy atom. The van der Waals surface area contributed by atoms with Crippen molar-refractivity contribution < 1.29 is 14.7 Å². The lowest BCUT2D eigenvalue weighted by atomic mass is 9.77. The Balaban J connectivity index is 2.10. The van der Waals surface area contributed by atoms with E-state index in [0.717, 1.165) is 19.4 Å². The quantitative estimate of drug-likeness (QED) is 0.852. The number of carboxylic acid groups (broad SMARTS) is 1. The van der Waals surface area contributed by atoms with Gasteiger partial charge in [-0.05, 0) is 44.9 Å². The largest absolute Gasteiger partial charge is 0.481 e. The van der Waals surface area contributed by atoms with E-state index >= 15 is 0 Å². The van der Waals surface area contributed by atoms with E-state index in [1.165, 1.54) is 6.42 Å². The van der Waals surface area contributed by atoms with Gasteiger partial charge in [0.1, 0.15) is 0 Å². The second kappa shape index (κ2) is 6.24. The molecule has 2 aliphatic rings. The molecule has 3 unspecified atom stereocenters. The molecule has 2 rings (SSSR count). The fraction of sp³-hybridized carbons (Fsp3) is 0.875. The summed E-state index contributed by atoms with van der Waals surface area (Å²) in [6.45, 7) is 8.02. The fourth-order valence-corrected chi connectivity index (χ4v) is 3.65. The minimum absolute atomic E-state index is 0.0350. The minimum Gasteiger partial charge on any atom is -0.481 e. The topological polar surface area (TPSA) is 60.9 Å². The van der Waals surface area contributed by atoms with Gasteiger partial charge in [0.25, 0.3) is 0 Å². The molecule has 3 atom stereocenters. The van der Waals surface area contributed by atoms with E-state index < -0.39 is 11.4 Å². The number of hydrogen-bond acceptors (Lipinski definition) is 2. The van der Waals surface area contributed by atoms with Gasteiger partial charge in [-0.15, -0.1) is 0 Å². The average Bonchev–Trinajstić information content (AvgIpc) is 2.48. The lowest BCUT2D eigenvalue weighted by molar-refractivity contribution is -0.152. The van der Waals surface area contributed by atoms with Gasteiger partial charge in [0.05, 0.1) is 5.41 Å². The van der Waals surface area contributed by atoms with Gasteiger partial charge in [-0.25, -0.2) is 4.79 Å². The first-order valence-electron chi connectivity index (χ1n) is 8.18. The summed E-state index contributed by atoms with van der Waals surface area (Å²) in [6, 6.07) is 0.296. The van der Waals surface area contributed by atoms with Crippen molar-refractivity contribution in [2.24, 2.45) is 11.3 Å². The zero-order valence-electron chi connectivity index (χ0n) is 13.5. The number of nitrogens with zero attached hydrogens (tertiary/aromatic N) is 2. The molecule has 0 saturated carbocycles. The van der Waals surface area contributed by atoms with E-state index in [-0.39, 0.29) is 12.1 Å². The van der Waals surface area contributed by atoms with Gasteiger partial charge < -0.3 is 14.9 Å². The Bertz CT molecular complexity index is 412. The first-order valence-corrected chi connectivity index (χ1v) is 8.18. The molecule has 2 heterocycles. The van der Waals surface area contributed by atoms with Crippen molar-refractivity contribution >= 4 is 12.0 Å². The van der Waals surface area contributed by atoms with E-state index in [2.05, 4.69) is 13.8 Å². The van der Waals surface area contributed by atoms with Crippen LogP contribution in [0.4, 0.5) is 4.79 Å². The van der Waals surface area contributed by atoms with E-state index in [1.807, 2.05) is 11.8 Å². The first kappa shape index (κ1) is 16.1. The van der Waals surface area contributed by atoms with Crippen LogP contribution in [0.1, 0.15) is 52.9 Å². The van der Waals surface area contributed by atoms with Gasteiger partial charge in [-0.3, -0.25) is 4.79 Å². The van der Waals surface area contributed by atoms with Crippen LogP contribution in [-0.4, -0.2) is 52.6 Å². The van der Waals surface area contributed by atoms with Crippen LogP contribution >= 0.6 is 0 Å². The van der Waals surface area contributed by atoms with Crippen LogP contribution in [0.2, 0.25) is 0 Å². The Labute approximate surface area is 127 Å². The summed E-state index contributed by atoms with van der Waals surface area (Å²) >= 11 is 0. The molecule has 21 heavy (non-hydrogen) atoms. The van der Waals surface area contributed by atoms with Crippen molar-refractivity contribution in [1.29, 1.82) is 0 Å². The van der Waals surface area contributed by atoms with Crippen molar-refractivity contribution in [2.75, 3.05) is 19.6 Å². The maximum absolute atomic E-state index is 12.8. The van der Waals surface area contributed by atoms with Gasteiger partial charge >= 0.3 is 12.0 Å². The van der Waals surface area contributed by atoms with E-state index in [9.17, 15) is 14.7 Å². The minimum atomic E-state index is -0.762. The molecule has 2 fully saturated rings. The molecule has 5 nitrogen and oxygen atoms in total. The third kappa shape index (κ3) is 3.16. The Morgan fingerprint density at radius 1 is 1.29 bits per heavy atom. The average molecular weight is 296 g/mol. The summed E-state index contributed by atoms with van der Waals surface area (Å²) in [6.07, 6.45) is 4.24. The number of piperidine rings is 2. The number of rotatable bonds is 2. The zero-order chi connectivity index (χ0) is 15.6. The first-order chi connectivity index (χ1) is 9.89. The third-order valence-electron chi connectivity index (χ3n) is 5.34. The van der Waals surface area contributed by atoms with Crippen LogP contribution in [0.3, 0.4) is 0 Å². The molecule has 0 spiro atoms. The molecular formula is C16H28N2O3. The molecule has 0 bridgehead atoms. The molecule has 0 aromatic carbocycles. The summed E-state index contributed by atoms with van der Waals surface area (Å²) in [4.78, 5) is 28.1. The van der Waals surface area contributed by atoms with E-state index in [1.54, 1.807) is 4.90 Å². The molecule has 0 aromatic rings. The second-order valence-electron chi connectivity index (χ2n) is 6.93. The van der Waals surface area contributed by atoms with Gasteiger partial charge in [0, 0.05) is 25.7 Å². The standard InChI is InChI=1S/C16H28N2O3/c1-4-16(14(19)20)8-5-9-17(11-16)15(21)18-10-12(2)6-7-13(18)3/h12-13H,4-11H2,1-3H3,(H,19,20). The van der Waals surface area contributed by atoms with Gasteiger partial charge in [-0.2, -0.15) is 0 Å². The molecule has 2 aliphatic heterocycles. The number of likely N-dealkylation sites (tertiary alicyclic amines) is 2. The number of carbonyl (C=O) groups is 2. The van der Waals surface area contributed by atoms with Gasteiger partial charge in [0.15, 0.2) is 0 Å². The highest BCUT2D eigenvalue weighted by molar-refractivity contribution is 5.79. The Hall–Kier alpha value is -1.26. The normalized spacial score (nSPS) is 33.9. The van der Waals surface area contributed by atoms with Crippen molar-refractivity contribution in [3.8, 4) is 0 Å². The number of carbonyl (C=O) groups excluding carboxylic acids is 1. The number of hydrogen-bond donors (Lipinski definition) is 1. The van der Waals surface area contributed by atoms with Crippen LogP contribution in [-0.2, 0) is 4.79 Å². The molecule has 5 heteroatoms. The predicted octanol–water partition coefficient (Wildman–Crippen LogP) is 2.80. The highest BCUT2D eigenvalue weighted by atomic mass is 16.4. The number of urea groups is 1. The zero-order valence-corrected chi connectivity index (χ0v) is 13.5. The monoisotopic (exact) mass is 296 g/mol. The van der Waals surface area contributed by atoms with E-state index in [0.29, 0.717) is 31.8 Å². The molecular weight excluding hydrogens is 268 g/mol. The Kier molecular flexibility index (Phi) is 4.79. The molecule has 0 radical (unpaired) electrons. The summed E-state index contributed by atoms with van der Waals surface area (Å²) in [5, 5.41) is 9.54. The van der Waals surface area contributed by atoms with Crippen LogP contribution in [0.15, 0.2) is 0 Å². The molecule has 1 N–H and O–H groups in total. The van der Waals surface area contributed by atoms with Crippen molar-refractivity contribution in [3.63, 3.8) is 0 Å². The fourth-order valence-electron chi connectivity index (χ4n) is 3.65. The third-order valence-corrected chi connectivity index (χ3v) is 5.34. The highest BCUT2D eigenvalue weighted by Gasteiger charge is 2.43. The molecule has 2 amide bonds. The second-order valence-corrected chi connectivity index (χ2v) is 6.93. The van der Waals surface area contributed by atoms with Crippen LogP contribution in [0.25, 0.3) is 0 Å². The smallest absolute Gasteiger partial charge is 0.320 e. The highest BCUT2D eigenvalue weighted by Crippen LogP contribution is 2.34. The maximum atomic E-state index is 12.8. The van der Waals surface area contributed by atoms with E-state index in [4.69, 9.17) is 0 Å². The summed E-state index contributed by atoms with van der Waals surface area (Å²) < 4.78 is 0. The van der Waals surface area contributed by atoms with Crippen molar-refractivity contribution in [3.05, 3.63) is 0 Å². The molecule has 2 saturated heterocycles. The van der Waals surface area contributed by atoms with Crippen molar-refractivity contribution in [1.82, 2.24) is 9.80 Å². The van der Waals surface area contributed by atoms with Crippen LogP contribution < -0.4 is 0 Å². The SMILES string of the molecule is CCC1(C(=O)O)CCCN(C(=O)N2CC(C)CCC2C)C1. The predicted molar refractivity (Wildman–Crippen MR) is 81.1 cm³/mol. The van der Waals surface area contributed by atoms with Crippen LogP contribution in [0, 0.1) is 11.3 Å². The maximum Gasteiger partial charge on any atom is 0.320 e. The number of aliphatic carboxylic acids is 1. The molecule has 120 valence electrons. The molecule has 0 aliphatic carbocycles. The summed E-state index contributed by atoms with van der Waals surface area (Å²) in [7, 11) is 0. The lowest BCUT2D eigenvalue weighted by Gasteiger charge is -2.44. The van der Waals surface area contributed by atoms with Gasteiger partial charge in [0.2, 0.25) is 0 Å². The summed E-state index contributed by atoms with van der Waals surface area (Å²) in [5.74, 6) is -0.229. The lowest BCUT2D eigenvalue weighted by Crippen LogP contribution is -2.56. The molecule has 0 aromatic heterocycles. The Morgan fingerprint density at radius 3 is 2.62 bits per heavy atom. The van der Waals surface area contributed by atoms with Crippen molar-refractivity contribution in [2.45, 2.75) is 58.9 Å².